The SMILES string of the molecule is CC(OC(=O)c1sccc1-n1cccc1)C(=O)N1CCN(S(=O)(=O)c2ccccc2)CC1. The minimum absolute atomic E-state index is 0.187. The fraction of sp³-hybridized carbons (Fsp3) is 0.273. The quantitative estimate of drug-likeness (QED) is 0.514. The number of nitrogens with zero attached hydrogens (tertiary/aromatic N) is 3. The number of thiophene rings is 1. The average Bonchev–Trinajstić information content (AvgIpc) is 3.51. The van der Waals surface area contributed by atoms with E-state index in [-0.39, 0.29) is 37.0 Å². The highest BCUT2D eigenvalue weighted by Crippen LogP contribution is 2.23. The Kier molecular flexibility index (Phi) is 6.45. The third kappa shape index (κ3) is 4.47. The van der Waals surface area contributed by atoms with E-state index >= 15 is 0 Å². The molecule has 1 aromatic carbocycles. The molecule has 0 spiro atoms. The van der Waals surface area contributed by atoms with E-state index in [4.69, 9.17) is 4.74 Å². The molecule has 1 atom stereocenters. The summed E-state index contributed by atoms with van der Waals surface area (Å²) in [4.78, 5) is 27.7. The third-order valence-corrected chi connectivity index (χ3v) is 8.07. The number of sulfonamides is 1. The van der Waals surface area contributed by atoms with Crippen molar-refractivity contribution in [2.24, 2.45) is 0 Å². The van der Waals surface area contributed by atoms with Crippen LogP contribution in [0, 0.1) is 0 Å². The van der Waals surface area contributed by atoms with Gasteiger partial charge >= 0.3 is 5.97 Å². The molecule has 0 N–H and O–H groups in total. The van der Waals surface area contributed by atoms with Crippen LogP contribution in [-0.4, -0.2) is 66.3 Å². The zero-order chi connectivity index (χ0) is 22.7. The first-order valence-corrected chi connectivity index (χ1v) is 12.5. The number of esters is 1. The predicted molar refractivity (Wildman–Crippen MR) is 120 cm³/mol. The fourth-order valence-corrected chi connectivity index (χ4v) is 5.78. The van der Waals surface area contributed by atoms with Gasteiger partial charge in [0, 0.05) is 38.6 Å². The number of piperazine rings is 1. The van der Waals surface area contributed by atoms with Crippen molar-refractivity contribution in [1.82, 2.24) is 13.8 Å². The van der Waals surface area contributed by atoms with Gasteiger partial charge < -0.3 is 14.2 Å². The van der Waals surface area contributed by atoms with Crippen LogP contribution in [0.5, 0.6) is 0 Å². The van der Waals surface area contributed by atoms with E-state index in [9.17, 15) is 18.0 Å². The van der Waals surface area contributed by atoms with Crippen LogP contribution in [0.3, 0.4) is 0 Å². The number of amides is 1. The lowest BCUT2D eigenvalue weighted by atomic mass is 10.3. The number of hydrogen-bond donors (Lipinski definition) is 0. The zero-order valence-electron chi connectivity index (χ0n) is 17.5. The predicted octanol–water partition coefficient (Wildman–Crippen LogP) is 2.62. The Hall–Kier alpha value is -2.95. The molecule has 1 aliphatic heterocycles. The molecule has 10 heteroatoms. The van der Waals surface area contributed by atoms with E-state index in [1.54, 1.807) is 35.7 Å². The minimum atomic E-state index is -3.60. The number of carbonyl (C=O) groups excluding carboxylic acids is 2. The molecule has 3 aromatic rings. The fourth-order valence-electron chi connectivity index (χ4n) is 3.57. The van der Waals surface area contributed by atoms with E-state index in [0.717, 1.165) is 0 Å². The Balaban J connectivity index is 1.36. The Morgan fingerprint density at radius 1 is 0.969 bits per heavy atom. The molecule has 0 bridgehead atoms. The minimum Gasteiger partial charge on any atom is -0.448 e. The number of carbonyl (C=O) groups is 2. The molecule has 4 rings (SSSR count). The van der Waals surface area contributed by atoms with Crippen LogP contribution in [0.2, 0.25) is 0 Å². The second-order valence-corrected chi connectivity index (χ2v) is 10.2. The maximum atomic E-state index is 12.8. The van der Waals surface area contributed by atoms with Gasteiger partial charge in [0.2, 0.25) is 10.0 Å². The van der Waals surface area contributed by atoms with Crippen LogP contribution in [0.25, 0.3) is 5.69 Å². The molecule has 8 nitrogen and oxygen atoms in total. The summed E-state index contributed by atoms with van der Waals surface area (Å²) in [5.74, 6) is -0.899. The Morgan fingerprint density at radius 2 is 1.62 bits per heavy atom. The first-order chi connectivity index (χ1) is 15.4. The van der Waals surface area contributed by atoms with Crippen molar-refractivity contribution >= 4 is 33.2 Å². The maximum absolute atomic E-state index is 12.8. The smallest absolute Gasteiger partial charge is 0.351 e. The molecule has 32 heavy (non-hydrogen) atoms. The molecule has 0 saturated carbocycles. The number of rotatable bonds is 6. The molecular formula is C22H23N3O5S2. The summed E-state index contributed by atoms with van der Waals surface area (Å²) in [5, 5.41) is 1.80. The van der Waals surface area contributed by atoms with Crippen molar-refractivity contribution in [2.75, 3.05) is 26.2 Å². The second kappa shape index (κ2) is 9.27. The van der Waals surface area contributed by atoms with Crippen molar-refractivity contribution in [3.63, 3.8) is 0 Å². The van der Waals surface area contributed by atoms with Gasteiger partial charge in [0.15, 0.2) is 6.10 Å². The molecule has 3 heterocycles. The molecule has 2 aromatic heterocycles. The summed E-state index contributed by atoms with van der Waals surface area (Å²) in [6, 6.07) is 13.8. The van der Waals surface area contributed by atoms with Crippen LogP contribution in [-0.2, 0) is 19.6 Å². The third-order valence-electron chi connectivity index (χ3n) is 5.28. The van der Waals surface area contributed by atoms with Crippen molar-refractivity contribution in [3.8, 4) is 5.69 Å². The molecular weight excluding hydrogens is 450 g/mol. The summed E-state index contributed by atoms with van der Waals surface area (Å²) >= 11 is 1.25. The van der Waals surface area contributed by atoms with Gasteiger partial charge in [0.05, 0.1) is 10.6 Å². The lowest BCUT2D eigenvalue weighted by molar-refractivity contribution is -0.141. The van der Waals surface area contributed by atoms with Gasteiger partial charge in [-0.3, -0.25) is 4.79 Å². The van der Waals surface area contributed by atoms with Gasteiger partial charge in [-0.15, -0.1) is 11.3 Å². The molecule has 0 radical (unpaired) electrons. The summed E-state index contributed by atoms with van der Waals surface area (Å²) in [6.07, 6.45) is 2.69. The largest absolute Gasteiger partial charge is 0.448 e. The molecule has 168 valence electrons. The second-order valence-electron chi connectivity index (χ2n) is 7.32. The van der Waals surface area contributed by atoms with Gasteiger partial charge in [-0.05, 0) is 42.6 Å². The van der Waals surface area contributed by atoms with E-state index in [0.29, 0.717) is 10.6 Å². The Morgan fingerprint density at radius 3 is 2.28 bits per heavy atom. The number of aromatic nitrogens is 1. The van der Waals surface area contributed by atoms with Crippen LogP contribution < -0.4 is 0 Å². The average molecular weight is 474 g/mol. The summed E-state index contributed by atoms with van der Waals surface area (Å²) < 4.78 is 34.1. The van der Waals surface area contributed by atoms with E-state index in [2.05, 4.69) is 0 Å². The summed E-state index contributed by atoms with van der Waals surface area (Å²) in [6.45, 7) is 2.38. The number of ether oxygens (including phenoxy) is 1. The lowest BCUT2D eigenvalue weighted by Crippen LogP contribution is -2.52. The highest BCUT2D eigenvalue weighted by molar-refractivity contribution is 7.89. The maximum Gasteiger partial charge on any atom is 0.351 e. The van der Waals surface area contributed by atoms with Gasteiger partial charge in [-0.25, -0.2) is 13.2 Å². The molecule has 1 saturated heterocycles. The van der Waals surface area contributed by atoms with Crippen LogP contribution in [0.4, 0.5) is 0 Å². The first-order valence-electron chi connectivity index (χ1n) is 10.1. The standard InChI is InChI=1S/C22H23N3O5S2/c1-17(30-22(27)20-19(9-16-31-20)23-10-5-6-11-23)21(26)24-12-14-25(15-13-24)32(28,29)18-7-3-2-4-8-18/h2-11,16-17H,12-15H2,1H3. The molecule has 1 unspecified atom stereocenters. The molecule has 1 fully saturated rings. The lowest BCUT2D eigenvalue weighted by Gasteiger charge is -2.35. The van der Waals surface area contributed by atoms with E-state index < -0.39 is 22.1 Å². The highest BCUT2D eigenvalue weighted by Gasteiger charge is 2.32. The normalized spacial score (nSPS) is 16.0. The van der Waals surface area contributed by atoms with Gasteiger partial charge in [0.25, 0.3) is 5.91 Å². The molecule has 1 aliphatic rings. The van der Waals surface area contributed by atoms with Gasteiger partial charge in [-0.1, -0.05) is 18.2 Å². The van der Waals surface area contributed by atoms with E-state index in [1.807, 2.05) is 35.2 Å². The Bertz CT molecular complexity index is 1180. The van der Waals surface area contributed by atoms with Crippen LogP contribution in [0.1, 0.15) is 16.6 Å². The summed E-state index contributed by atoms with van der Waals surface area (Å²) in [5.41, 5.74) is 0.699. The van der Waals surface area contributed by atoms with Crippen molar-refractivity contribution in [3.05, 3.63) is 71.2 Å². The van der Waals surface area contributed by atoms with Crippen LogP contribution >= 0.6 is 11.3 Å². The zero-order valence-corrected chi connectivity index (χ0v) is 19.1. The monoisotopic (exact) mass is 473 g/mol. The highest BCUT2D eigenvalue weighted by atomic mass is 32.2. The van der Waals surface area contributed by atoms with E-state index in [1.165, 1.54) is 27.5 Å². The molecule has 0 aliphatic carbocycles. The van der Waals surface area contributed by atoms with Gasteiger partial charge in [0.1, 0.15) is 4.88 Å². The summed E-state index contributed by atoms with van der Waals surface area (Å²) in [7, 11) is -3.60. The van der Waals surface area contributed by atoms with Crippen molar-refractivity contribution in [1.29, 1.82) is 0 Å². The Labute approximate surface area is 190 Å². The van der Waals surface area contributed by atoms with Crippen molar-refractivity contribution < 1.29 is 22.7 Å². The number of benzene rings is 1. The van der Waals surface area contributed by atoms with Crippen LogP contribution in [0.15, 0.2) is 71.2 Å². The molecule has 1 amide bonds. The topological polar surface area (TPSA) is 88.9 Å². The van der Waals surface area contributed by atoms with Crippen molar-refractivity contribution in [2.45, 2.75) is 17.9 Å². The van der Waals surface area contributed by atoms with Gasteiger partial charge in [-0.2, -0.15) is 4.31 Å². The first kappa shape index (κ1) is 22.3. The number of hydrogen-bond acceptors (Lipinski definition) is 6.